The van der Waals surface area contributed by atoms with Crippen molar-refractivity contribution in [2.45, 2.75) is 18.7 Å². The molecule has 1 aromatic carbocycles. The van der Waals surface area contributed by atoms with Gasteiger partial charge in [0, 0.05) is 0 Å². The van der Waals surface area contributed by atoms with E-state index in [-0.39, 0.29) is 10.6 Å². The van der Waals surface area contributed by atoms with Gasteiger partial charge < -0.3 is 5.73 Å². The van der Waals surface area contributed by atoms with E-state index in [1.807, 2.05) is 6.92 Å². The van der Waals surface area contributed by atoms with Crippen LogP contribution in [0.2, 0.25) is 0 Å². The summed E-state index contributed by atoms with van der Waals surface area (Å²) in [6, 6.07) is 3.11. The first-order valence-electron chi connectivity index (χ1n) is 3.72. The number of nitrogens with two attached hydrogens (primary N) is 2. The average Bonchev–Trinajstić information content (AvgIpc) is 1.98. The summed E-state index contributed by atoms with van der Waals surface area (Å²) in [5.74, 6) is 0. The second kappa shape index (κ2) is 3.01. The lowest BCUT2D eigenvalue weighted by molar-refractivity contribution is 0.598. The van der Waals surface area contributed by atoms with Crippen molar-refractivity contribution in [1.29, 1.82) is 0 Å². The summed E-state index contributed by atoms with van der Waals surface area (Å²) in [5, 5.41) is 4.97. The molecule has 1 rings (SSSR count). The number of aryl methyl sites for hydroxylation is 1. The van der Waals surface area contributed by atoms with E-state index >= 15 is 0 Å². The molecule has 0 saturated heterocycles. The third-order valence-corrected chi connectivity index (χ3v) is 3.02. The maximum Gasteiger partial charge on any atom is 0.240 e. The number of primary sulfonamides is 1. The quantitative estimate of drug-likeness (QED) is 0.648. The van der Waals surface area contributed by atoms with Gasteiger partial charge in [0.15, 0.2) is 0 Å². The Hall–Kier alpha value is -1.07. The molecule has 0 aliphatic heterocycles. The molecule has 0 unspecified atom stereocenters. The molecule has 0 fully saturated rings. The van der Waals surface area contributed by atoms with Gasteiger partial charge in [0.1, 0.15) is 4.90 Å². The van der Waals surface area contributed by atoms with E-state index in [0.717, 1.165) is 11.1 Å². The van der Waals surface area contributed by atoms with Crippen LogP contribution in [0, 0.1) is 13.8 Å². The maximum absolute atomic E-state index is 11.0. The zero-order valence-electron chi connectivity index (χ0n) is 7.53. The van der Waals surface area contributed by atoms with Crippen LogP contribution in [0.15, 0.2) is 17.0 Å². The number of hydrogen-bond acceptors (Lipinski definition) is 3. The van der Waals surface area contributed by atoms with Crippen molar-refractivity contribution >= 4 is 15.7 Å². The summed E-state index contributed by atoms with van der Waals surface area (Å²) in [4.78, 5) is -0.00407. The SMILES string of the molecule is Cc1ccc(S(N)(=O)=O)c(N)c1C. The van der Waals surface area contributed by atoms with Crippen molar-refractivity contribution in [2.24, 2.45) is 5.14 Å². The molecular weight excluding hydrogens is 188 g/mol. The third-order valence-electron chi connectivity index (χ3n) is 2.05. The largest absolute Gasteiger partial charge is 0.397 e. The number of anilines is 1. The van der Waals surface area contributed by atoms with Gasteiger partial charge in [-0.25, -0.2) is 13.6 Å². The first-order chi connectivity index (χ1) is 5.84. The summed E-state index contributed by atoms with van der Waals surface area (Å²) in [5.41, 5.74) is 7.55. The van der Waals surface area contributed by atoms with Gasteiger partial charge in [0.25, 0.3) is 0 Å². The molecule has 4 nitrogen and oxygen atoms in total. The van der Waals surface area contributed by atoms with Crippen LogP contribution < -0.4 is 10.9 Å². The highest BCUT2D eigenvalue weighted by atomic mass is 32.2. The normalized spacial score (nSPS) is 11.6. The molecule has 5 heteroatoms. The summed E-state index contributed by atoms with van der Waals surface area (Å²) in [6.45, 7) is 3.62. The number of hydrogen-bond donors (Lipinski definition) is 2. The summed E-state index contributed by atoms with van der Waals surface area (Å²) in [6.07, 6.45) is 0. The smallest absolute Gasteiger partial charge is 0.240 e. The van der Waals surface area contributed by atoms with Crippen LogP contribution in [0.5, 0.6) is 0 Å². The number of nitrogen functional groups attached to an aromatic ring is 1. The molecule has 0 aliphatic rings. The molecule has 0 atom stereocenters. The highest BCUT2D eigenvalue weighted by molar-refractivity contribution is 7.89. The van der Waals surface area contributed by atoms with E-state index < -0.39 is 10.0 Å². The van der Waals surface area contributed by atoms with Gasteiger partial charge in [-0.1, -0.05) is 6.07 Å². The number of rotatable bonds is 1. The minimum absolute atomic E-state index is 0.00407. The fraction of sp³-hybridized carbons (Fsp3) is 0.250. The molecular formula is C8H12N2O2S. The topological polar surface area (TPSA) is 86.2 Å². The van der Waals surface area contributed by atoms with Gasteiger partial charge in [-0.3, -0.25) is 0 Å². The van der Waals surface area contributed by atoms with Gasteiger partial charge in [-0.15, -0.1) is 0 Å². The molecule has 4 N–H and O–H groups in total. The highest BCUT2D eigenvalue weighted by Crippen LogP contribution is 2.23. The summed E-state index contributed by atoms with van der Waals surface area (Å²) >= 11 is 0. The highest BCUT2D eigenvalue weighted by Gasteiger charge is 2.13. The van der Waals surface area contributed by atoms with Crippen molar-refractivity contribution in [1.82, 2.24) is 0 Å². The first kappa shape index (κ1) is 10.0. The average molecular weight is 200 g/mol. The molecule has 0 bridgehead atoms. The van der Waals surface area contributed by atoms with Crippen LogP contribution in [-0.2, 0) is 10.0 Å². The molecule has 0 spiro atoms. The Labute approximate surface area is 77.6 Å². The van der Waals surface area contributed by atoms with E-state index in [1.54, 1.807) is 13.0 Å². The molecule has 0 heterocycles. The van der Waals surface area contributed by atoms with Crippen molar-refractivity contribution in [3.05, 3.63) is 23.3 Å². The molecule has 13 heavy (non-hydrogen) atoms. The van der Waals surface area contributed by atoms with Crippen molar-refractivity contribution < 1.29 is 8.42 Å². The Morgan fingerprint density at radius 1 is 1.23 bits per heavy atom. The van der Waals surface area contributed by atoms with Crippen LogP contribution in [0.1, 0.15) is 11.1 Å². The predicted octanol–water partition coefficient (Wildman–Crippen LogP) is 0.533. The van der Waals surface area contributed by atoms with E-state index in [0.29, 0.717) is 0 Å². The van der Waals surface area contributed by atoms with Gasteiger partial charge in [-0.05, 0) is 31.0 Å². The Bertz CT molecular complexity index is 438. The fourth-order valence-electron chi connectivity index (χ4n) is 1.06. The minimum atomic E-state index is -3.70. The zero-order valence-corrected chi connectivity index (χ0v) is 8.35. The molecule has 0 aliphatic carbocycles. The van der Waals surface area contributed by atoms with E-state index in [2.05, 4.69) is 0 Å². The van der Waals surface area contributed by atoms with Crippen LogP contribution >= 0.6 is 0 Å². The minimum Gasteiger partial charge on any atom is -0.397 e. The third kappa shape index (κ3) is 1.81. The van der Waals surface area contributed by atoms with Gasteiger partial charge in [0.05, 0.1) is 5.69 Å². The number of benzene rings is 1. The van der Waals surface area contributed by atoms with Gasteiger partial charge in [0.2, 0.25) is 10.0 Å². The Morgan fingerprint density at radius 2 is 1.77 bits per heavy atom. The maximum atomic E-state index is 11.0. The molecule has 72 valence electrons. The summed E-state index contributed by atoms with van der Waals surface area (Å²) in [7, 11) is -3.70. The van der Waals surface area contributed by atoms with Crippen LogP contribution in [0.25, 0.3) is 0 Å². The Morgan fingerprint density at radius 3 is 2.23 bits per heavy atom. The summed E-state index contributed by atoms with van der Waals surface area (Å²) < 4.78 is 22.0. The lowest BCUT2D eigenvalue weighted by Crippen LogP contribution is -2.15. The monoisotopic (exact) mass is 200 g/mol. The van der Waals surface area contributed by atoms with Crippen molar-refractivity contribution in [3.63, 3.8) is 0 Å². The first-order valence-corrected chi connectivity index (χ1v) is 5.27. The van der Waals surface area contributed by atoms with Crippen LogP contribution in [0.3, 0.4) is 0 Å². The predicted molar refractivity (Wildman–Crippen MR) is 51.7 cm³/mol. The molecule has 1 aromatic rings. The molecule has 0 radical (unpaired) electrons. The second-order valence-corrected chi connectivity index (χ2v) is 4.49. The number of sulfonamides is 1. The lowest BCUT2D eigenvalue weighted by atomic mass is 10.1. The molecule has 0 saturated carbocycles. The molecule has 0 aromatic heterocycles. The van der Waals surface area contributed by atoms with E-state index in [9.17, 15) is 8.42 Å². The Balaban J connectivity index is 3.53. The lowest BCUT2D eigenvalue weighted by Gasteiger charge is -2.08. The van der Waals surface area contributed by atoms with Gasteiger partial charge in [-0.2, -0.15) is 0 Å². The Kier molecular flexibility index (Phi) is 2.32. The molecule has 0 amide bonds. The van der Waals surface area contributed by atoms with Crippen LogP contribution in [0.4, 0.5) is 5.69 Å². The van der Waals surface area contributed by atoms with Crippen LogP contribution in [-0.4, -0.2) is 8.42 Å². The second-order valence-electron chi connectivity index (χ2n) is 2.96. The standard InChI is InChI=1S/C8H12N2O2S/c1-5-3-4-7(13(10,11)12)8(9)6(5)2/h3-4H,9H2,1-2H3,(H2,10,11,12). The van der Waals surface area contributed by atoms with Crippen molar-refractivity contribution in [3.8, 4) is 0 Å². The van der Waals surface area contributed by atoms with E-state index in [1.165, 1.54) is 6.07 Å². The van der Waals surface area contributed by atoms with E-state index in [4.69, 9.17) is 10.9 Å². The van der Waals surface area contributed by atoms with Crippen molar-refractivity contribution in [2.75, 3.05) is 5.73 Å². The zero-order chi connectivity index (χ0) is 10.2. The van der Waals surface area contributed by atoms with Gasteiger partial charge >= 0.3 is 0 Å². The fourth-order valence-corrected chi connectivity index (χ4v) is 1.78.